The van der Waals surface area contributed by atoms with Gasteiger partial charge in [-0.05, 0) is 25.0 Å². The van der Waals surface area contributed by atoms with Gasteiger partial charge in [-0.25, -0.2) is 0 Å². The molecule has 0 saturated carbocycles. The maximum absolute atomic E-state index is 3.68. The summed E-state index contributed by atoms with van der Waals surface area (Å²) >= 11 is 0. The van der Waals surface area contributed by atoms with Crippen LogP contribution >= 0.6 is 0 Å². The molecule has 0 amide bonds. The van der Waals surface area contributed by atoms with Crippen molar-refractivity contribution in [2.45, 2.75) is 19.4 Å². The van der Waals surface area contributed by atoms with Crippen molar-refractivity contribution < 1.29 is 0 Å². The minimum Gasteiger partial charge on any atom is -0.377 e. The zero-order chi connectivity index (χ0) is 14.2. The molecule has 1 heterocycles. The van der Waals surface area contributed by atoms with Gasteiger partial charge in [-0.3, -0.25) is 0 Å². The molecule has 2 nitrogen and oxygen atoms in total. The number of aryl methyl sites for hydroxylation is 1. The van der Waals surface area contributed by atoms with Crippen molar-refractivity contribution in [1.82, 2.24) is 4.98 Å². The maximum atomic E-state index is 3.68. The van der Waals surface area contributed by atoms with E-state index in [-0.39, 0.29) is 0 Å². The lowest BCUT2D eigenvalue weighted by Gasteiger charge is -2.19. The second kappa shape index (κ2) is 4.81. The van der Waals surface area contributed by atoms with Crippen LogP contribution in [0.25, 0.3) is 21.8 Å². The molecule has 104 valence electrons. The third-order valence-corrected chi connectivity index (χ3v) is 4.20. The van der Waals surface area contributed by atoms with E-state index in [1.165, 1.54) is 33.1 Å². The number of nitrogens with one attached hydrogen (secondary N) is 2. The van der Waals surface area contributed by atoms with Gasteiger partial charge in [-0.15, -0.1) is 0 Å². The Morgan fingerprint density at radius 2 is 1.95 bits per heavy atom. The molecule has 2 aromatic carbocycles. The Morgan fingerprint density at radius 3 is 2.81 bits per heavy atom. The van der Waals surface area contributed by atoms with Gasteiger partial charge in [0.2, 0.25) is 0 Å². The first-order valence-corrected chi connectivity index (χ1v) is 7.43. The van der Waals surface area contributed by atoms with Gasteiger partial charge < -0.3 is 10.3 Å². The monoisotopic (exact) mass is 274 g/mol. The SMILES string of the molecule is Cc1ccc2c([nH]c3ccccc32)c1N[C@H]1C=CC=CC1. The van der Waals surface area contributed by atoms with Gasteiger partial charge in [0.15, 0.2) is 0 Å². The fraction of sp³-hybridized carbons (Fsp3) is 0.158. The maximum Gasteiger partial charge on any atom is 0.0703 e. The summed E-state index contributed by atoms with van der Waals surface area (Å²) in [6, 6.07) is 13.3. The number of hydrogen-bond acceptors (Lipinski definition) is 1. The minimum absolute atomic E-state index is 0.366. The summed E-state index contributed by atoms with van der Waals surface area (Å²) < 4.78 is 0. The van der Waals surface area contributed by atoms with Gasteiger partial charge >= 0.3 is 0 Å². The molecule has 0 saturated heterocycles. The summed E-state index contributed by atoms with van der Waals surface area (Å²) in [7, 11) is 0. The normalized spacial score (nSPS) is 17.7. The molecule has 0 aliphatic heterocycles. The smallest absolute Gasteiger partial charge is 0.0703 e. The molecule has 1 aromatic heterocycles. The van der Waals surface area contributed by atoms with Gasteiger partial charge in [-0.1, -0.05) is 54.6 Å². The number of anilines is 1. The van der Waals surface area contributed by atoms with Crippen LogP contribution < -0.4 is 5.32 Å². The zero-order valence-corrected chi connectivity index (χ0v) is 12.1. The van der Waals surface area contributed by atoms with E-state index in [2.05, 4.69) is 77.9 Å². The molecule has 4 rings (SSSR count). The third kappa shape index (κ3) is 2.04. The Balaban J connectivity index is 1.88. The number of aromatic nitrogens is 1. The van der Waals surface area contributed by atoms with Crippen LogP contribution in [0.4, 0.5) is 5.69 Å². The number of fused-ring (bicyclic) bond motifs is 3. The molecule has 0 fully saturated rings. The van der Waals surface area contributed by atoms with E-state index in [1.54, 1.807) is 0 Å². The van der Waals surface area contributed by atoms with E-state index in [4.69, 9.17) is 0 Å². The van der Waals surface area contributed by atoms with Crippen LogP contribution in [0.5, 0.6) is 0 Å². The van der Waals surface area contributed by atoms with E-state index >= 15 is 0 Å². The third-order valence-electron chi connectivity index (χ3n) is 4.20. The van der Waals surface area contributed by atoms with Crippen molar-refractivity contribution in [2.75, 3.05) is 5.32 Å². The van der Waals surface area contributed by atoms with Gasteiger partial charge in [0.05, 0.1) is 11.2 Å². The Morgan fingerprint density at radius 1 is 1.05 bits per heavy atom. The first kappa shape index (κ1) is 12.3. The van der Waals surface area contributed by atoms with Crippen LogP contribution in [-0.4, -0.2) is 11.0 Å². The molecule has 1 aliphatic rings. The molecule has 0 bridgehead atoms. The van der Waals surface area contributed by atoms with Crippen LogP contribution in [0.15, 0.2) is 60.7 Å². The van der Waals surface area contributed by atoms with Crippen molar-refractivity contribution in [3.63, 3.8) is 0 Å². The van der Waals surface area contributed by atoms with Crippen LogP contribution in [-0.2, 0) is 0 Å². The highest BCUT2D eigenvalue weighted by atomic mass is 14.9. The largest absolute Gasteiger partial charge is 0.377 e. The predicted octanol–water partition coefficient (Wildman–Crippen LogP) is 4.93. The number of allylic oxidation sites excluding steroid dienone is 2. The first-order valence-electron chi connectivity index (χ1n) is 7.43. The molecule has 1 atom stereocenters. The van der Waals surface area contributed by atoms with E-state index < -0.39 is 0 Å². The van der Waals surface area contributed by atoms with Crippen molar-refractivity contribution in [3.05, 3.63) is 66.3 Å². The average molecular weight is 274 g/mol. The lowest BCUT2D eigenvalue weighted by atomic mass is 10.1. The second-order valence-corrected chi connectivity index (χ2v) is 5.65. The quantitative estimate of drug-likeness (QED) is 0.681. The molecule has 3 aromatic rings. The lowest BCUT2D eigenvalue weighted by Crippen LogP contribution is -2.17. The van der Waals surface area contributed by atoms with Crippen LogP contribution in [0, 0.1) is 6.92 Å². The van der Waals surface area contributed by atoms with E-state index in [0.29, 0.717) is 6.04 Å². The number of hydrogen-bond donors (Lipinski definition) is 2. The number of H-pyrrole nitrogens is 1. The summed E-state index contributed by atoms with van der Waals surface area (Å²) in [5.74, 6) is 0. The second-order valence-electron chi connectivity index (χ2n) is 5.65. The Bertz CT molecular complexity index is 868. The van der Waals surface area contributed by atoms with Crippen molar-refractivity contribution in [2.24, 2.45) is 0 Å². The molecule has 0 spiro atoms. The topological polar surface area (TPSA) is 27.8 Å². The van der Waals surface area contributed by atoms with Crippen molar-refractivity contribution in [3.8, 4) is 0 Å². The molecule has 0 unspecified atom stereocenters. The Hall–Kier alpha value is -2.48. The fourth-order valence-corrected chi connectivity index (χ4v) is 3.08. The zero-order valence-electron chi connectivity index (χ0n) is 12.1. The predicted molar refractivity (Wildman–Crippen MR) is 90.8 cm³/mol. The number of aromatic amines is 1. The minimum atomic E-state index is 0.366. The lowest BCUT2D eigenvalue weighted by molar-refractivity contribution is 0.883. The number of para-hydroxylation sites is 1. The summed E-state index contributed by atoms with van der Waals surface area (Å²) in [5.41, 5.74) is 4.89. The van der Waals surface area contributed by atoms with Crippen molar-refractivity contribution in [1.29, 1.82) is 0 Å². The molecule has 2 N–H and O–H groups in total. The van der Waals surface area contributed by atoms with Gasteiger partial charge in [0.25, 0.3) is 0 Å². The average Bonchev–Trinajstić information content (AvgIpc) is 2.90. The van der Waals surface area contributed by atoms with Gasteiger partial charge in [0.1, 0.15) is 0 Å². The standard InChI is InChI=1S/C19H18N2/c1-13-11-12-16-15-9-5-6-10-17(15)21-19(16)18(13)20-14-7-3-2-4-8-14/h2-7,9-12,14,20-21H,8H2,1H3/t14-/m0/s1. The summed E-state index contributed by atoms with van der Waals surface area (Å²) in [4.78, 5) is 3.57. The fourth-order valence-electron chi connectivity index (χ4n) is 3.08. The van der Waals surface area contributed by atoms with Crippen LogP contribution in [0.2, 0.25) is 0 Å². The van der Waals surface area contributed by atoms with E-state index in [0.717, 1.165) is 6.42 Å². The highest BCUT2D eigenvalue weighted by molar-refractivity contribution is 6.11. The van der Waals surface area contributed by atoms with Crippen molar-refractivity contribution >= 4 is 27.5 Å². The molecule has 2 heteroatoms. The highest BCUT2D eigenvalue weighted by Crippen LogP contribution is 2.33. The Labute approximate surface area is 124 Å². The molecule has 1 aliphatic carbocycles. The van der Waals surface area contributed by atoms with E-state index in [1.807, 2.05) is 0 Å². The summed E-state index contributed by atoms with van der Waals surface area (Å²) in [6.45, 7) is 2.16. The molecule has 0 radical (unpaired) electrons. The summed E-state index contributed by atoms with van der Waals surface area (Å²) in [5, 5.41) is 6.26. The van der Waals surface area contributed by atoms with E-state index in [9.17, 15) is 0 Å². The van der Waals surface area contributed by atoms with Gasteiger partial charge in [0, 0.05) is 22.3 Å². The molecule has 21 heavy (non-hydrogen) atoms. The molecular weight excluding hydrogens is 256 g/mol. The Kier molecular flexibility index (Phi) is 2.81. The van der Waals surface area contributed by atoms with Crippen LogP contribution in [0.1, 0.15) is 12.0 Å². The number of rotatable bonds is 2. The van der Waals surface area contributed by atoms with Crippen LogP contribution in [0.3, 0.4) is 0 Å². The highest BCUT2D eigenvalue weighted by Gasteiger charge is 2.13. The first-order chi connectivity index (χ1) is 10.3. The summed E-state index contributed by atoms with van der Waals surface area (Å²) in [6.07, 6.45) is 9.68. The molecular formula is C19H18N2. The van der Waals surface area contributed by atoms with Gasteiger partial charge in [-0.2, -0.15) is 0 Å². The number of benzene rings is 2.